The van der Waals surface area contributed by atoms with Gasteiger partial charge >= 0.3 is 0 Å². The number of nitrogens with zero attached hydrogens (tertiary/aromatic N) is 4. The van der Waals surface area contributed by atoms with E-state index < -0.39 is 0 Å². The molecule has 2 aromatic carbocycles. The Morgan fingerprint density at radius 3 is 2.63 bits per heavy atom. The lowest BCUT2D eigenvalue weighted by Gasteiger charge is -2.10. The second-order valence-corrected chi connectivity index (χ2v) is 7.37. The lowest BCUT2D eigenvalue weighted by Crippen LogP contribution is -2.14. The molecule has 0 fully saturated rings. The molecule has 140 valence electrons. The molecule has 0 spiro atoms. The standard InChI is InChI=1S/C20H23N5OS/c1-4-14(2)16-9-11-17(12-10-16)21-19(26)13-27-20-22-23-24-25(20)18-8-6-5-7-15(18)3/h5-12,14H,4,13H2,1-3H3,(H,21,26). The fourth-order valence-electron chi connectivity index (χ4n) is 2.68. The van der Waals surface area contributed by atoms with Crippen molar-refractivity contribution in [1.29, 1.82) is 0 Å². The zero-order valence-corrected chi connectivity index (χ0v) is 16.5. The average Bonchev–Trinajstić information content (AvgIpc) is 3.15. The normalized spacial score (nSPS) is 12.0. The summed E-state index contributed by atoms with van der Waals surface area (Å²) in [6, 6.07) is 15.9. The third kappa shape index (κ3) is 4.74. The summed E-state index contributed by atoms with van der Waals surface area (Å²) in [6.07, 6.45) is 1.10. The van der Waals surface area contributed by atoms with Gasteiger partial charge in [-0.15, -0.1) is 5.10 Å². The van der Waals surface area contributed by atoms with Crippen LogP contribution in [0.3, 0.4) is 0 Å². The van der Waals surface area contributed by atoms with E-state index in [9.17, 15) is 4.79 Å². The molecule has 0 bridgehead atoms. The predicted molar refractivity (Wildman–Crippen MR) is 108 cm³/mol. The van der Waals surface area contributed by atoms with Gasteiger partial charge in [0, 0.05) is 5.69 Å². The predicted octanol–water partition coefficient (Wildman–Crippen LogP) is 4.22. The number of para-hydroxylation sites is 1. The van der Waals surface area contributed by atoms with Crippen LogP contribution in [0.1, 0.15) is 37.3 Å². The van der Waals surface area contributed by atoms with Crippen LogP contribution in [0, 0.1) is 6.92 Å². The van der Waals surface area contributed by atoms with Crippen molar-refractivity contribution in [3.05, 3.63) is 59.7 Å². The number of hydrogen-bond acceptors (Lipinski definition) is 5. The molecule has 1 unspecified atom stereocenters. The van der Waals surface area contributed by atoms with E-state index in [-0.39, 0.29) is 11.7 Å². The quantitative estimate of drug-likeness (QED) is 0.621. The fraction of sp³-hybridized carbons (Fsp3) is 0.300. The highest BCUT2D eigenvalue weighted by molar-refractivity contribution is 7.99. The summed E-state index contributed by atoms with van der Waals surface area (Å²) in [5, 5.41) is 15.3. The zero-order valence-electron chi connectivity index (χ0n) is 15.7. The van der Waals surface area contributed by atoms with Crippen molar-refractivity contribution in [2.75, 3.05) is 11.1 Å². The Labute approximate surface area is 163 Å². The lowest BCUT2D eigenvalue weighted by atomic mass is 9.99. The number of aromatic nitrogens is 4. The maximum Gasteiger partial charge on any atom is 0.234 e. The highest BCUT2D eigenvalue weighted by atomic mass is 32.2. The summed E-state index contributed by atoms with van der Waals surface area (Å²) in [4.78, 5) is 12.3. The molecule has 3 rings (SSSR count). The first kappa shape index (κ1) is 19.1. The van der Waals surface area contributed by atoms with Crippen molar-refractivity contribution in [1.82, 2.24) is 20.2 Å². The van der Waals surface area contributed by atoms with E-state index in [0.29, 0.717) is 11.1 Å². The van der Waals surface area contributed by atoms with Gasteiger partial charge in [0.1, 0.15) is 0 Å². The summed E-state index contributed by atoms with van der Waals surface area (Å²) in [5.74, 6) is 0.667. The Hall–Kier alpha value is -2.67. The van der Waals surface area contributed by atoms with E-state index in [1.54, 1.807) is 4.68 Å². The Morgan fingerprint density at radius 1 is 1.19 bits per heavy atom. The van der Waals surface area contributed by atoms with Gasteiger partial charge in [0.25, 0.3) is 0 Å². The molecule has 0 aliphatic carbocycles. The van der Waals surface area contributed by atoms with Crippen LogP contribution in [0.5, 0.6) is 0 Å². The van der Waals surface area contributed by atoms with Gasteiger partial charge in [-0.2, -0.15) is 4.68 Å². The van der Waals surface area contributed by atoms with Crippen LogP contribution < -0.4 is 5.32 Å². The van der Waals surface area contributed by atoms with Crippen LogP contribution in [0.25, 0.3) is 5.69 Å². The molecule has 0 aliphatic rings. The van der Waals surface area contributed by atoms with Gasteiger partial charge in [0.2, 0.25) is 11.1 Å². The summed E-state index contributed by atoms with van der Waals surface area (Å²) in [5.41, 5.74) is 4.05. The Bertz CT molecular complexity index is 907. The number of benzene rings is 2. The number of carbonyl (C=O) groups is 1. The van der Waals surface area contributed by atoms with Gasteiger partial charge in [-0.3, -0.25) is 4.79 Å². The number of rotatable bonds is 7. The SMILES string of the molecule is CCC(C)c1ccc(NC(=O)CSc2nnnn2-c2ccccc2C)cc1. The van der Waals surface area contributed by atoms with Crippen LogP contribution in [0.2, 0.25) is 0 Å². The van der Waals surface area contributed by atoms with E-state index in [2.05, 4.69) is 46.8 Å². The molecule has 3 aromatic rings. The second-order valence-electron chi connectivity index (χ2n) is 6.43. The third-order valence-electron chi connectivity index (χ3n) is 4.49. The van der Waals surface area contributed by atoms with Crippen molar-refractivity contribution in [3.8, 4) is 5.69 Å². The van der Waals surface area contributed by atoms with Crippen molar-refractivity contribution >= 4 is 23.4 Å². The van der Waals surface area contributed by atoms with Crippen LogP contribution in [-0.4, -0.2) is 31.9 Å². The summed E-state index contributed by atoms with van der Waals surface area (Å²) in [6.45, 7) is 6.37. The molecule has 1 aromatic heterocycles. The number of carbonyl (C=O) groups excluding carboxylic acids is 1. The molecular formula is C20H23N5OS. The summed E-state index contributed by atoms with van der Waals surface area (Å²) in [7, 11) is 0. The number of hydrogen-bond donors (Lipinski definition) is 1. The van der Waals surface area contributed by atoms with E-state index in [4.69, 9.17) is 0 Å². The van der Waals surface area contributed by atoms with Crippen LogP contribution >= 0.6 is 11.8 Å². The highest BCUT2D eigenvalue weighted by Gasteiger charge is 2.13. The van der Waals surface area contributed by atoms with Gasteiger partial charge < -0.3 is 5.32 Å². The van der Waals surface area contributed by atoms with Crippen molar-refractivity contribution in [2.45, 2.75) is 38.3 Å². The lowest BCUT2D eigenvalue weighted by molar-refractivity contribution is -0.113. The maximum absolute atomic E-state index is 12.3. The van der Waals surface area contributed by atoms with Crippen LogP contribution in [0.4, 0.5) is 5.69 Å². The number of nitrogens with one attached hydrogen (secondary N) is 1. The molecular weight excluding hydrogens is 358 g/mol. The first-order valence-electron chi connectivity index (χ1n) is 8.95. The van der Waals surface area contributed by atoms with E-state index in [1.807, 2.05) is 43.3 Å². The molecule has 1 amide bonds. The number of anilines is 1. The summed E-state index contributed by atoms with van der Waals surface area (Å²) >= 11 is 1.31. The fourth-order valence-corrected chi connectivity index (χ4v) is 3.36. The average molecular weight is 382 g/mol. The van der Waals surface area contributed by atoms with Crippen molar-refractivity contribution in [2.24, 2.45) is 0 Å². The minimum atomic E-state index is -0.0874. The third-order valence-corrected chi connectivity index (χ3v) is 5.41. The Kier molecular flexibility index (Phi) is 6.24. The van der Waals surface area contributed by atoms with Gasteiger partial charge in [-0.05, 0) is 59.0 Å². The molecule has 0 aliphatic heterocycles. The number of tetrazole rings is 1. The zero-order chi connectivity index (χ0) is 19.2. The van der Waals surface area contributed by atoms with Gasteiger partial charge in [0.05, 0.1) is 11.4 Å². The number of aryl methyl sites for hydroxylation is 1. The Morgan fingerprint density at radius 2 is 1.93 bits per heavy atom. The molecule has 6 nitrogen and oxygen atoms in total. The minimum absolute atomic E-state index is 0.0874. The first-order chi connectivity index (χ1) is 13.1. The van der Waals surface area contributed by atoms with Crippen molar-refractivity contribution < 1.29 is 4.79 Å². The van der Waals surface area contributed by atoms with Gasteiger partial charge in [-0.25, -0.2) is 0 Å². The largest absolute Gasteiger partial charge is 0.325 e. The molecule has 0 radical (unpaired) electrons. The van der Waals surface area contributed by atoms with E-state index >= 15 is 0 Å². The van der Waals surface area contributed by atoms with E-state index in [1.165, 1.54) is 17.3 Å². The number of amides is 1. The van der Waals surface area contributed by atoms with Crippen LogP contribution in [0.15, 0.2) is 53.7 Å². The minimum Gasteiger partial charge on any atom is -0.325 e. The molecule has 1 N–H and O–H groups in total. The van der Waals surface area contributed by atoms with Crippen LogP contribution in [-0.2, 0) is 4.79 Å². The molecule has 7 heteroatoms. The molecule has 0 saturated carbocycles. The Balaban J connectivity index is 1.61. The molecule has 0 saturated heterocycles. The van der Waals surface area contributed by atoms with Gasteiger partial charge in [-0.1, -0.05) is 55.9 Å². The molecule has 1 atom stereocenters. The molecule has 1 heterocycles. The first-order valence-corrected chi connectivity index (χ1v) is 9.94. The summed E-state index contributed by atoms with van der Waals surface area (Å²) < 4.78 is 1.66. The molecule has 27 heavy (non-hydrogen) atoms. The van der Waals surface area contributed by atoms with Crippen molar-refractivity contribution in [3.63, 3.8) is 0 Å². The maximum atomic E-state index is 12.3. The topological polar surface area (TPSA) is 72.7 Å². The number of thioether (sulfide) groups is 1. The van der Waals surface area contributed by atoms with Gasteiger partial charge in [0.15, 0.2) is 0 Å². The highest BCUT2D eigenvalue weighted by Crippen LogP contribution is 2.22. The second kappa shape index (κ2) is 8.81. The monoisotopic (exact) mass is 381 g/mol. The van der Waals surface area contributed by atoms with E-state index in [0.717, 1.165) is 23.4 Å². The smallest absolute Gasteiger partial charge is 0.234 e.